The van der Waals surface area contributed by atoms with Crippen molar-refractivity contribution in [2.24, 2.45) is 0 Å². The number of carbonyl (C=O) groups excluding carboxylic acids is 3. The normalized spacial score (nSPS) is 16.5. The van der Waals surface area contributed by atoms with E-state index < -0.39 is 5.91 Å². The zero-order valence-electron chi connectivity index (χ0n) is 20.2. The number of carbonyl (C=O) groups is 3. The van der Waals surface area contributed by atoms with Crippen LogP contribution in [0.5, 0.6) is 0 Å². The summed E-state index contributed by atoms with van der Waals surface area (Å²) < 4.78 is 14.8. The van der Waals surface area contributed by atoms with Gasteiger partial charge in [0.2, 0.25) is 5.91 Å². The highest BCUT2D eigenvalue weighted by molar-refractivity contribution is 5.99. The van der Waals surface area contributed by atoms with Gasteiger partial charge in [0, 0.05) is 45.8 Å². The Labute approximate surface area is 204 Å². The van der Waals surface area contributed by atoms with Gasteiger partial charge in [-0.05, 0) is 50.0 Å². The number of aromatic nitrogens is 2. The van der Waals surface area contributed by atoms with Gasteiger partial charge in [-0.3, -0.25) is 19.1 Å². The van der Waals surface area contributed by atoms with E-state index in [2.05, 4.69) is 15.3 Å². The molecule has 0 saturated carbocycles. The van der Waals surface area contributed by atoms with Crippen molar-refractivity contribution in [3.8, 4) is 0 Å². The summed E-state index contributed by atoms with van der Waals surface area (Å²) in [5.41, 5.74) is 1.31. The van der Waals surface area contributed by atoms with Gasteiger partial charge in [-0.15, -0.1) is 0 Å². The molecule has 10 heteroatoms. The van der Waals surface area contributed by atoms with Crippen molar-refractivity contribution >= 4 is 17.7 Å². The van der Waals surface area contributed by atoms with E-state index in [-0.39, 0.29) is 29.9 Å². The molecule has 0 bridgehead atoms. The molecule has 2 aromatic rings. The minimum atomic E-state index is -0.408. The van der Waals surface area contributed by atoms with E-state index >= 15 is 0 Å². The molecule has 3 heterocycles. The Morgan fingerprint density at radius 2 is 1.80 bits per heavy atom. The van der Waals surface area contributed by atoms with E-state index in [1.165, 1.54) is 42.4 Å². The van der Waals surface area contributed by atoms with Crippen LogP contribution in [0.1, 0.15) is 52.2 Å². The minimum Gasteiger partial charge on any atom is -0.353 e. The van der Waals surface area contributed by atoms with Crippen molar-refractivity contribution in [1.82, 2.24) is 29.8 Å². The number of halogens is 1. The fourth-order valence-corrected chi connectivity index (χ4v) is 4.57. The van der Waals surface area contributed by atoms with Crippen LogP contribution in [0.25, 0.3) is 0 Å². The van der Waals surface area contributed by atoms with Gasteiger partial charge in [-0.25, -0.2) is 4.39 Å². The SMILES string of the molecule is CN(CC(=O)NCCN1CCCCC1)C(=O)c1cc2n(n1)CCCN(Cc1ccc(F)cc1)C2=O. The molecule has 2 aliphatic rings. The first-order chi connectivity index (χ1) is 16.9. The Hall–Kier alpha value is -3.27. The topological polar surface area (TPSA) is 90.8 Å². The number of benzene rings is 1. The van der Waals surface area contributed by atoms with E-state index in [1.807, 2.05) is 0 Å². The molecule has 0 atom stereocenters. The van der Waals surface area contributed by atoms with Crippen LogP contribution in [0.4, 0.5) is 4.39 Å². The van der Waals surface area contributed by atoms with Crippen LogP contribution < -0.4 is 5.32 Å². The lowest BCUT2D eigenvalue weighted by Gasteiger charge is -2.26. The summed E-state index contributed by atoms with van der Waals surface area (Å²) >= 11 is 0. The molecular weight excluding hydrogens is 451 g/mol. The lowest BCUT2D eigenvalue weighted by atomic mass is 10.1. The highest BCUT2D eigenvalue weighted by atomic mass is 19.1. The highest BCUT2D eigenvalue weighted by Crippen LogP contribution is 2.17. The quantitative estimate of drug-likeness (QED) is 0.617. The number of nitrogens with zero attached hydrogens (tertiary/aromatic N) is 5. The second-order valence-electron chi connectivity index (χ2n) is 9.26. The highest BCUT2D eigenvalue weighted by Gasteiger charge is 2.27. The van der Waals surface area contributed by atoms with Crippen LogP contribution in [0, 0.1) is 5.82 Å². The average molecular weight is 485 g/mol. The largest absolute Gasteiger partial charge is 0.353 e. The number of hydrogen-bond donors (Lipinski definition) is 1. The predicted molar refractivity (Wildman–Crippen MR) is 128 cm³/mol. The van der Waals surface area contributed by atoms with Gasteiger partial charge in [0.15, 0.2) is 5.69 Å². The molecule has 0 aliphatic carbocycles. The summed E-state index contributed by atoms with van der Waals surface area (Å²) in [4.78, 5) is 43.7. The molecule has 35 heavy (non-hydrogen) atoms. The molecule has 1 aromatic carbocycles. The monoisotopic (exact) mass is 484 g/mol. The molecule has 4 rings (SSSR count). The van der Waals surface area contributed by atoms with Gasteiger partial charge in [-0.2, -0.15) is 5.10 Å². The van der Waals surface area contributed by atoms with Crippen LogP contribution in [0.15, 0.2) is 30.3 Å². The summed E-state index contributed by atoms with van der Waals surface area (Å²) in [7, 11) is 1.56. The molecule has 1 fully saturated rings. The zero-order valence-corrected chi connectivity index (χ0v) is 20.2. The molecule has 188 valence electrons. The number of nitrogens with one attached hydrogen (secondary N) is 1. The molecule has 9 nitrogen and oxygen atoms in total. The molecule has 0 unspecified atom stereocenters. The lowest BCUT2D eigenvalue weighted by Crippen LogP contribution is -2.42. The van der Waals surface area contributed by atoms with Gasteiger partial charge < -0.3 is 20.0 Å². The molecule has 0 spiro atoms. The number of amides is 3. The van der Waals surface area contributed by atoms with Crippen molar-refractivity contribution in [3.05, 3.63) is 53.1 Å². The smallest absolute Gasteiger partial charge is 0.274 e. The maximum Gasteiger partial charge on any atom is 0.274 e. The summed E-state index contributed by atoms with van der Waals surface area (Å²) in [6, 6.07) is 7.56. The molecule has 0 radical (unpaired) electrons. The summed E-state index contributed by atoms with van der Waals surface area (Å²) in [6.45, 7) is 4.83. The van der Waals surface area contributed by atoms with Gasteiger partial charge in [-0.1, -0.05) is 18.6 Å². The van der Waals surface area contributed by atoms with Crippen molar-refractivity contribution in [3.63, 3.8) is 0 Å². The van der Waals surface area contributed by atoms with Gasteiger partial charge >= 0.3 is 0 Å². The summed E-state index contributed by atoms with van der Waals surface area (Å²) in [6.07, 6.45) is 4.36. The first-order valence-electron chi connectivity index (χ1n) is 12.3. The number of rotatable bonds is 8. The minimum absolute atomic E-state index is 0.0777. The van der Waals surface area contributed by atoms with Crippen molar-refractivity contribution in [1.29, 1.82) is 0 Å². The van der Waals surface area contributed by atoms with Gasteiger partial charge in [0.05, 0.1) is 6.54 Å². The van der Waals surface area contributed by atoms with E-state index in [0.717, 1.165) is 25.2 Å². The molecule has 1 saturated heterocycles. The Kier molecular flexibility index (Phi) is 8.12. The second kappa shape index (κ2) is 11.4. The molecule has 1 N–H and O–H groups in total. The van der Waals surface area contributed by atoms with E-state index in [0.29, 0.717) is 38.3 Å². The third-order valence-corrected chi connectivity index (χ3v) is 6.52. The van der Waals surface area contributed by atoms with Crippen molar-refractivity contribution in [2.45, 2.75) is 38.8 Å². The first-order valence-corrected chi connectivity index (χ1v) is 12.3. The first kappa shape index (κ1) is 24.8. The zero-order chi connectivity index (χ0) is 24.8. The Bertz CT molecular complexity index is 1050. The Balaban J connectivity index is 1.32. The lowest BCUT2D eigenvalue weighted by molar-refractivity contribution is -0.121. The third kappa shape index (κ3) is 6.45. The van der Waals surface area contributed by atoms with Crippen LogP contribution in [-0.2, 0) is 17.9 Å². The number of likely N-dealkylation sites (tertiary alicyclic amines) is 1. The van der Waals surface area contributed by atoms with Crippen molar-refractivity contribution < 1.29 is 18.8 Å². The second-order valence-corrected chi connectivity index (χ2v) is 9.26. The third-order valence-electron chi connectivity index (χ3n) is 6.52. The Morgan fingerprint density at radius 1 is 1.06 bits per heavy atom. The van der Waals surface area contributed by atoms with Crippen molar-refractivity contribution in [2.75, 3.05) is 46.3 Å². The van der Waals surface area contributed by atoms with Crippen LogP contribution >= 0.6 is 0 Å². The fraction of sp³-hybridized carbons (Fsp3) is 0.520. The number of aryl methyl sites for hydroxylation is 1. The number of hydrogen-bond acceptors (Lipinski definition) is 5. The van der Waals surface area contributed by atoms with E-state index in [9.17, 15) is 18.8 Å². The van der Waals surface area contributed by atoms with Gasteiger partial charge in [0.1, 0.15) is 11.5 Å². The van der Waals surface area contributed by atoms with E-state index in [1.54, 1.807) is 28.8 Å². The summed E-state index contributed by atoms with van der Waals surface area (Å²) in [5.74, 6) is -1.18. The molecule has 2 aliphatic heterocycles. The number of likely N-dealkylation sites (N-methyl/N-ethyl adjacent to an activating group) is 1. The average Bonchev–Trinajstić information content (AvgIpc) is 3.22. The Morgan fingerprint density at radius 3 is 2.54 bits per heavy atom. The fourth-order valence-electron chi connectivity index (χ4n) is 4.57. The van der Waals surface area contributed by atoms with Crippen LogP contribution in [0.2, 0.25) is 0 Å². The van der Waals surface area contributed by atoms with Crippen LogP contribution in [0.3, 0.4) is 0 Å². The van der Waals surface area contributed by atoms with Gasteiger partial charge in [0.25, 0.3) is 11.8 Å². The number of piperidine rings is 1. The maximum atomic E-state index is 13.2. The van der Waals surface area contributed by atoms with Crippen LogP contribution in [-0.4, -0.2) is 88.5 Å². The van der Waals surface area contributed by atoms with E-state index in [4.69, 9.17) is 0 Å². The standard InChI is InChI=1S/C25H33FN6O3/c1-29(18-23(33)27-10-15-30-11-3-2-4-12-30)24(34)21-16-22-25(35)31(13-5-14-32(22)28-21)17-19-6-8-20(26)9-7-19/h6-9,16H,2-5,10-15,17-18H2,1H3,(H,27,33). The maximum absolute atomic E-state index is 13.2. The summed E-state index contributed by atoms with van der Waals surface area (Å²) in [5, 5.41) is 7.24. The molecule has 3 amide bonds. The molecule has 1 aromatic heterocycles. The predicted octanol–water partition coefficient (Wildman–Crippen LogP) is 1.74. The number of fused-ring (bicyclic) bond motifs is 1. The molecular formula is C25H33FN6O3.